The summed E-state index contributed by atoms with van der Waals surface area (Å²) in [4.78, 5) is 29.8. The molecule has 0 saturated carbocycles. The van der Waals surface area contributed by atoms with Crippen molar-refractivity contribution in [1.82, 2.24) is 14.6 Å². The Kier molecular flexibility index (Phi) is 5.47. The fourth-order valence-corrected chi connectivity index (χ4v) is 3.80. The lowest BCUT2D eigenvalue weighted by molar-refractivity contribution is -0.143. The summed E-state index contributed by atoms with van der Waals surface area (Å²) in [5.74, 6) is 0.380. The first kappa shape index (κ1) is 21.2. The molecule has 0 spiro atoms. The van der Waals surface area contributed by atoms with Gasteiger partial charge < -0.3 is 9.84 Å². The summed E-state index contributed by atoms with van der Waals surface area (Å²) in [7, 11) is 2.99. The zero-order valence-electron chi connectivity index (χ0n) is 17.1. The fourth-order valence-electron chi connectivity index (χ4n) is 3.44. The number of carbonyl (C=O) groups is 1. The van der Waals surface area contributed by atoms with Gasteiger partial charge in [-0.05, 0) is 42.0 Å². The molecule has 4 rings (SSSR count). The van der Waals surface area contributed by atoms with Crippen molar-refractivity contribution in [1.29, 1.82) is 5.26 Å². The minimum absolute atomic E-state index is 0.0699. The standard InChI is InChI=1S/C22H18ClN5O4/c1-27-20(30)16(11-24)18(12-5-9-15(32-2)10-6-12)25-22(27)26-28-19(17(23)21(28)31)13-3-7-14(29)8-4-13/h3-10,17,19,29H,1-2H3,(H,25,26). The van der Waals surface area contributed by atoms with Gasteiger partial charge in [0, 0.05) is 12.6 Å². The molecule has 2 aromatic carbocycles. The quantitative estimate of drug-likeness (QED) is 0.451. The molecule has 1 fully saturated rings. The van der Waals surface area contributed by atoms with Crippen LogP contribution in [-0.2, 0) is 11.8 Å². The van der Waals surface area contributed by atoms with E-state index in [1.165, 1.54) is 31.3 Å². The number of aromatic hydroxyl groups is 1. The molecule has 1 amide bonds. The Labute approximate surface area is 188 Å². The number of ether oxygens (including phenoxy) is 1. The lowest BCUT2D eigenvalue weighted by atomic mass is 9.95. The predicted octanol–water partition coefficient (Wildman–Crippen LogP) is 2.55. The number of nitriles is 1. The second kappa shape index (κ2) is 8.24. The smallest absolute Gasteiger partial charge is 0.273 e. The molecular formula is C22H18ClN5O4. The molecule has 1 aromatic heterocycles. The Morgan fingerprint density at radius 3 is 2.41 bits per heavy atom. The number of nitrogens with zero attached hydrogens (tertiary/aromatic N) is 4. The topological polar surface area (TPSA) is 120 Å². The molecule has 2 heterocycles. The molecule has 2 atom stereocenters. The van der Waals surface area contributed by atoms with Crippen LogP contribution in [0, 0.1) is 11.3 Å². The van der Waals surface area contributed by atoms with E-state index in [1.54, 1.807) is 36.4 Å². The largest absolute Gasteiger partial charge is 0.508 e. The van der Waals surface area contributed by atoms with Crippen LogP contribution in [0.1, 0.15) is 17.2 Å². The molecule has 0 aliphatic carbocycles. The number of hydrogen-bond acceptors (Lipinski definition) is 7. The number of rotatable bonds is 5. The van der Waals surface area contributed by atoms with E-state index in [-0.39, 0.29) is 23.0 Å². The molecule has 0 radical (unpaired) electrons. The van der Waals surface area contributed by atoms with Gasteiger partial charge in [0.05, 0.1) is 12.8 Å². The first-order chi connectivity index (χ1) is 15.3. The number of nitrogens with one attached hydrogen (secondary N) is 1. The summed E-state index contributed by atoms with van der Waals surface area (Å²) in [5, 5.41) is 19.5. The Hall–Kier alpha value is -4.03. The van der Waals surface area contributed by atoms with Crippen molar-refractivity contribution in [3.63, 3.8) is 0 Å². The fraction of sp³-hybridized carbons (Fsp3) is 0.182. The summed E-state index contributed by atoms with van der Waals surface area (Å²) >= 11 is 6.24. The van der Waals surface area contributed by atoms with E-state index >= 15 is 0 Å². The number of anilines is 1. The third-order valence-electron chi connectivity index (χ3n) is 5.25. The maximum absolute atomic E-state index is 12.8. The number of halogens is 1. The zero-order chi connectivity index (χ0) is 23.0. The van der Waals surface area contributed by atoms with Crippen molar-refractivity contribution in [2.75, 3.05) is 12.5 Å². The number of phenolic OH excluding ortho intramolecular Hbond substituents is 1. The number of benzene rings is 2. The van der Waals surface area contributed by atoms with E-state index < -0.39 is 22.9 Å². The van der Waals surface area contributed by atoms with Gasteiger partial charge in [-0.15, -0.1) is 11.6 Å². The molecule has 9 nitrogen and oxygen atoms in total. The normalized spacial score (nSPS) is 17.4. The van der Waals surface area contributed by atoms with Gasteiger partial charge in [-0.3, -0.25) is 19.6 Å². The van der Waals surface area contributed by atoms with Crippen LogP contribution in [0.4, 0.5) is 5.95 Å². The van der Waals surface area contributed by atoms with Crippen LogP contribution in [-0.4, -0.2) is 38.1 Å². The van der Waals surface area contributed by atoms with Gasteiger partial charge in [0.2, 0.25) is 5.95 Å². The second-order valence-corrected chi connectivity index (χ2v) is 7.59. The van der Waals surface area contributed by atoms with E-state index in [4.69, 9.17) is 16.3 Å². The molecule has 2 N–H and O–H groups in total. The second-order valence-electron chi connectivity index (χ2n) is 7.12. The maximum atomic E-state index is 12.8. The Balaban J connectivity index is 1.74. The molecule has 162 valence electrons. The number of β-lactam (4-membered cyclic amide) rings is 1. The maximum Gasteiger partial charge on any atom is 0.273 e. The minimum atomic E-state index is -0.816. The van der Waals surface area contributed by atoms with Gasteiger partial charge in [0.1, 0.15) is 34.6 Å². The lowest BCUT2D eigenvalue weighted by Gasteiger charge is -2.44. The highest BCUT2D eigenvalue weighted by atomic mass is 35.5. The highest BCUT2D eigenvalue weighted by Gasteiger charge is 2.48. The van der Waals surface area contributed by atoms with Crippen LogP contribution in [0.2, 0.25) is 0 Å². The van der Waals surface area contributed by atoms with E-state index in [0.29, 0.717) is 16.9 Å². The summed E-state index contributed by atoms with van der Waals surface area (Å²) in [6.45, 7) is 0. The molecule has 3 aromatic rings. The molecule has 1 aliphatic heterocycles. The van der Waals surface area contributed by atoms with Gasteiger partial charge in [0.25, 0.3) is 11.5 Å². The molecule has 0 bridgehead atoms. The number of methoxy groups -OCH3 is 1. The summed E-state index contributed by atoms with van der Waals surface area (Å²) in [6, 6.07) is 14.5. The van der Waals surface area contributed by atoms with E-state index in [0.717, 1.165) is 4.57 Å². The van der Waals surface area contributed by atoms with Crippen LogP contribution >= 0.6 is 11.6 Å². The summed E-state index contributed by atoms with van der Waals surface area (Å²) in [5.41, 5.74) is 3.61. The van der Waals surface area contributed by atoms with Crippen molar-refractivity contribution in [2.24, 2.45) is 7.05 Å². The number of alkyl halides is 1. The first-order valence-corrected chi connectivity index (χ1v) is 9.97. The number of hydrogen-bond donors (Lipinski definition) is 2. The minimum Gasteiger partial charge on any atom is -0.508 e. The van der Waals surface area contributed by atoms with Crippen molar-refractivity contribution >= 4 is 23.5 Å². The van der Waals surface area contributed by atoms with E-state index in [2.05, 4.69) is 10.4 Å². The highest BCUT2D eigenvalue weighted by Crippen LogP contribution is 2.39. The van der Waals surface area contributed by atoms with E-state index in [9.17, 15) is 20.0 Å². The number of phenols is 1. The number of hydrazine groups is 1. The SMILES string of the molecule is COc1ccc(-c2nc(NN3C(=O)C(Cl)C3c3ccc(O)cc3)n(C)c(=O)c2C#N)cc1. The van der Waals surface area contributed by atoms with Crippen LogP contribution in [0.25, 0.3) is 11.3 Å². The third-order valence-corrected chi connectivity index (χ3v) is 5.68. The molecule has 10 heteroatoms. The van der Waals surface area contributed by atoms with Crippen LogP contribution in [0.3, 0.4) is 0 Å². The zero-order valence-corrected chi connectivity index (χ0v) is 17.9. The Bertz CT molecular complexity index is 1280. The number of carbonyl (C=O) groups excluding carboxylic acids is 1. The average molecular weight is 452 g/mol. The Morgan fingerprint density at radius 2 is 1.81 bits per heavy atom. The van der Waals surface area contributed by atoms with Crippen molar-refractivity contribution in [2.45, 2.75) is 11.4 Å². The van der Waals surface area contributed by atoms with Gasteiger partial charge in [0.15, 0.2) is 0 Å². The van der Waals surface area contributed by atoms with Crippen LogP contribution < -0.4 is 15.7 Å². The number of aromatic nitrogens is 2. The molecule has 32 heavy (non-hydrogen) atoms. The van der Waals surface area contributed by atoms with Gasteiger partial charge in [-0.1, -0.05) is 12.1 Å². The van der Waals surface area contributed by atoms with Gasteiger partial charge in [-0.25, -0.2) is 9.99 Å². The number of amides is 1. The molecule has 1 saturated heterocycles. The van der Waals surface area contributed by atoms with Gasteiger partial charge in [-0.2, -0.15) is 5.26 Å². The monoisotopic (exact) mass is 451 g/mol. The highest BCUT2D eigenvalue weighted by molar-refractivity contribution is 6.33. The predicted molar refractivity (Wildman–Crippen MR) is 117 cm³/mol. The first-order valence-electron chi connectivity index (χ1n) is 9.54. The van der Waals surface area contributed by atoms with Crippen LogP contribution in [0.15, 0.2) is 53.3 Å². The molecule has 2 unspecified atom stereocenters. The lowest BCUT2D eigenvalue weighted by Crippen LogP contribution is -2.59. The van der Waals surface area contributed by atoms with Gasteiger partial charge >= 0.3 is 0 Å². The summed E-state index contributed by atoms with van der Waals surface area (Å²) < 4.78 is 6.31. The third kappa shape index (κ3) is 3.50. The average Bonchev–Trinajstić information content (AvgIpc) is 2.82. The molecular weight excluding hydrogens is 434 g/mol. The van der Waals surface area contributed by atoms with Crippen molar-refractivity contribution < 1.29 is 14.6 Å². The van der Waals surface area contributed by atoms with Crippen molar-refractivity contribution in [3.05, 3.63) is 70.0 Å². The Morgan fingerprint density at radius 1 is 1.16 bits per heavy atom. The van der Waals surface area contributed by atoms with Crippen LogP contribution in [0.5, 0.6) is 11.5 Å². The van der Waals surface area contributed by atoms with E-state index in [1.807, 2.05) is 6.07 Å². The summed E-state index contributed by atoms with van der Waals surface area (Å²) in [6.07, 6.45) is 0. The van der Waals surface area contributed by atoms with Crippen molar-refractivity contribution in [3.8, 4) is 28.8 Å². The molecule has 1 aliphatic rings.